The summed E-state index contributed by atoms with van der Waals surface area (Å²) in [7, 11) is 0. The van der Waals surface area contributed by atoms with E-state index in [9.17, 15) is 9.90 Å². The second-order valence-electron chi connectivity index (χ2n) is 4.63. The number of rotatable bonds is 8. The van der Waals surface area contributed by atoms with Crippen LogP contribution < -0.4 is 5.32 Å². The molecule has 100 valence electrons. The Bertz CT molecular complexity index is 250. The maximum Gasteiger partial charge on any atom is 0.323 e. The molecule has 1 saturated carbocycles. The summed E-state index contributed by atoms with van der Waals surface area (Å²) in [5.74, 6) is 0.209. The van der Waals surface area contributed by atoms with Gasteiger partial charge in [0.25, 0.3) is 0 Å². The predicted octanol–water partition coefficient (Wildman–Crippen LogP) is 1.48. The molecule has 0 aromatic rings. The molecule has 0 saturated heterocycles. The van der Waals surface area contributed by atoms with Gasteiger partial charge in [0, 0.05) is 11.9 Å². The van der Waals surface area contributed by atoms with Crippen molar-refractivity contribution in [1.29, 1.82) is 0 Å². The molecular formula is C12H23NO3S. The first kappa shape index (κ1) is 14.8. The largest absolute Gasteiger partial charge is 0.480 e. The van der Waals surface area contributed by atoms with E-state index in [-0.39, 0.29) is 6.61 Å². The number of nitrogens with one attached hydrogen (secondary N) is 1. The average molecular weight is 261 g/mol. The molecule has 0 aromatic carbocycles. The molecule has 0 aromatic heterocycles. The topological polar surface area (TPSA) is 69.6 Å². The minimum Gasteiger partial charge on any atom is -0.480 e. The van der Waals surface area contributed by atoms with Gasteiger partial charge in [-0.1, -0.05) is 6.92 Å². The fraction of sp³-hybridized carbons (Fsp3) is 0.917. The van der Waals surface area contributed by atoms with Crippen molar-refractivity contribution in [2.45, 2.75) is 49.8 Å². The SMILES string of the molecule is CCCNC1(C(=O)O)CCC(SCCCO)C1. The second-order valence-corrected chi connectivity index (χ2v) is 6.04. The molecule has 1 aliphatic rings. The van der Waals surface area contributed by atoms with Gasteiger partial charge >= 0.3 is 5.97 Å². The summed E-state index contributed by atoms with van der Waals surface area (Å²) in [6.45, 7) is 3.03. The van der Waals surface area contributed by atoms with Crippen LogP contribution in [0.2, 0.25) is 0 Å². The van der Waals surface area contributed by atoms with Gasteiger partial charge in [-0.05, 0) is 44.4 Å². The van der Waals surface area contributed by atoms with Crippen molar-refractivity contribution >= 4 is 17.7 Å². The van der Waals surface area contributed by atoms with Crippen LogP contribution in [0.25, 0.3) is 0 Å². The zero-order valence-electron chi connectivity index (χ0n) is 10.4. The lowest BCUT2D eigenvalue weighted by Gasteiger charge is -2.25. The maximum atomic E-state index is 11.4. The minimum atomic E-state index is -0.712. The summed E-state index contributed by atoms with van der Waals surface area (Å²) in [5, 5.41) is 21.7. The number of aliphatic carboxylic acids is 1. The molecule has 0 aliphatic heterocycles. The Hall–Kier alpha value is -0.260. The van der Waals surface area contributed by atoms with Crippen molar-refractivity contribution in [3.8, 4) is 0 Å². The molecule has 2 unspecified atom stereocenters. The summed E-state index contributed by atoms with van der Waals surface area (Å²) in [4.78, 5) is 11.4. The number of carbonyl (C=O) groups is 1. The normalized spacial score (nSPS) is 28.5. The van der Waals surface area contributed by atoms with E-state index in [1.807, 2.05) is 6.92 Å². The van der Waals surface area contributed by atoms with Gasteiger partial charge < -0.3 is 15.5 Å². The average Bonchev–Trinajstić information content (AvgIpc) is 2.72. The van der Waals surface area contributed by atoms with E-state index in [0.29, 0.717) is 11.7 Å². The number of carboxylic acids is 1. The van der Waals surface area contributed by atoms with E-state index in [1.165, 1.54) is 0 Å². The molecule has 1 aliphatic carbocycles. The van der Waals surface area contributed by atoms with Crippen molar-refractivity contribution in [2.24, 2.45) is 0 Å². The van der Waals surface area contributed by atoms with Crippen molar-refractivity contribution < 1.29 is 15.0 Å². The van der Waals surface area contributed by atoms with Gasteiger partial charge in [-0.15, -0.1) is 0 Å². The number of hydrogen-bond acceptors (Lipinski definition) is 4. The highest BCUT2D eigenvalue weighted by atomic mass is 32.2. The molecular weight excluding hydrogens is 238 g/mol. The van der Waals surface area contributed by atoms with Crippen LogP contribution >= 0.6 is 11.8 Å². The van der Waals surface area contributed by atoms with E-state index < -0.39 is 11.5 Å². The van der Waals surface area contributed by atoms with E-state index in [1.54, 1.807) is 11.8 Å². The molecule has 0 amide bonds. The molecule has 1 rings (SSSR count). The van der Waals surface area contributed by atoms with Crippen LogP contribution in [-0.2, 0) is 4.79 Å². The minimum absolute atomic E-state index is 0.220. The molecule has 1 fully saturated rings. The fourth-order valence-electron chi connectivity index (χ4n) is 2.25. The first-order valence-electron chi connectivity index (χ1n) is 6.35. The van der Waals surface area contributed by atoms with Gasteiger partial charge in [-0.3, -0.25) is 4.79 Å². The Morgan fingerprint density at radius 1 is 1.59 bits per heavy atom. The molecule has 4 nitrogen and oxygen atoms in total. The molecule has 0 heterocycles. The van der Waals surface area contributed by atoms with Crippen LogP contribution in [0.3, 0.4) is 0 Å². The maximum absolute atomic E-state index is 11.4. The van der Waals surface area contributed by atoms with Gasteiger partial charge in [-0.2, -0.15) is 11.8 Å². The van der Waals surface area contributed by atoms with Gasteiger partial charge in [0.2, 0.25) is 0 Å². The van der Waals surface area contributed by atoms with Gasteiger partial charge in [-0.25, -0.2) is 0 Å². The highest BCUT2D eigenvalue weighted by molar-refractivity contribution is 7.99. The highest BCUT2D eigenvalue weighted by Crippen LogP contribution is 2.37. The van der Waals surface area contributed by atoms with Crippen molar-refractivity contribution in [3.05, 3.63) is 0 Å². The number of carboxylic acid groups (broad SMARTS) is 1. The van der Waals surface area contributed by atoms with E-state index in [2.05, 4.69) is 5.32 Å². The Morgan fingerprint density at radius 2 is 2.35 bits per heavy atom. The Balaban J connectivity index is 2.44. The Labute approximate surface area is 107 Å². The number of hydrogen-bond donors (Lipinski definition) is 3. The van der Waals surface area contributed by atoms with Crippen LogP contribution in [0.4, 0.5) is 0 Å². The smallest absolute Gasteiger partial charge is 0.323 e. The summed E-state index contributed by atoms with van der Waals surface area (Å²) >= 11 is 1.80. The Kier molecular flexibility index (Phi) is 6.30. The lowest BCUT2D eigenvalue weighted by atomic mass is 9.98. The summed E-state index contributed by atoms with van der Waals surface area (Å²) in [5.41, 5.74) is -0.701. The third kappa shape index (κ3) is 4.16. The van der Waals surface area contributed by atoms with E-state index in [4.69, 9.17) is 5.11 Å². The van der Waals surface area contributed by atoms with Crippen LogP contribution in [0.15, 0.2) is 0 Å². The highest BCUT2D eigenvalue weighted by Gasteiger charge is 2.44. The molecule has 0 spiro atoms. The molecule has 0 radical (unpaired) electrons. The first-order chi connectivity index (χ1) is 8.14. The van der Waals surface area contributed by atoms with Crippen LogP contribution in [0.1, 0.15) is 39.0 Å². The van der Waals surface area contributed by atoms with Crippen molar-refractivity contribution in [1.82, 2.24) is 5.32 Å². The monoisotopic (exact) mass is 261 g/mol. The third-order valence-corrected chi connectivity index (χ3v) is 4.65. The second kappa shape index (κ2) is 7.24. The Morgan fingerprint density at radius 3 is 2.94 bits per heavy atom. The van der Waals surface area contributed by atoms with Crippen LogP contribution in [0.5, 0.6) is 0 Å². The molecule has 17 heavy (non-hydrogen) atoms. The van der Waals surface area contributed by atoms with Gasteiger partial charge in [0.1, 0.15) is 5.54 Å². The van der Waals surface area contributed by atoms with E-state index in [0.717, 1.165) is 38.0 Å². The van der Waals surface area contributed by atoms with Gasteiger partial charge in [0.05, 0.1) is 0 Å². The molecule has 3 N–H and O–H groups in total. The summed E-state index contributed by atoms with van der Waals surface area (Å²) < 4.78 is 0. The first-order valence-corrected chi connectivity index (χ1v) is 7.40. The lowest BCUT2D eigenvalue weighted by Crippen LogP contribution is -2.50. The number of thioether (sulfide) groups is 1. The molecule has 5 heteroatoms. The van der Waals surface area contributed by atoms with Crippen molar-refractivity contribution in [2.75, 3.05) is 18.9 Å². The zero-order valence-corrected chi connectivity index (χ0v) is 11.3. The third-order valence-electron chi connectivity index (χ3n) is 3.25. The standard InChI is InChI=1S/C12H23NO3S/c1-2-6-13-12(11(15)16)5-4-10(9-12)17-8-3-7-14/h10,13-14H,2-9H2,1H3,(H,15,16). The van der Waals surface area contributed by atoms with E-state index >= 15 is 0 Å². The lowest BCUT2D eigenvalue weighted by molar-refractivity contribution is -0.144. The van der Waals surface area contributed by atoms with Crippen LogP contribution in [0, 0.1) is 0 Å². The molecule has 0 bridgehead atoms. The number of aliphatic hydroxyl groups excluding tert-OH is 1. The predicted molar refractivity (Wildman–Crippen MR) is 70.5 cm³/mol. The fourth-order valence-corrected chi connectivity index (χ4v) is 3.57. The molecule has 2 atom stereocenters. The quantitative estimate of drug-likeness (QED) is 0.577. The summed E-state index contributed by atoms with van der Waals surface area (Å²) in [6, 6.07) is 0. The van der Waals surface area contributed by atoms with Crippen molar-refractivity contribution in [3.63, 3.8) is 0 Å². The number of aliphatic hydroxyl groups is 1. The summed E-state index contributed by atoms with van der Waals surface area (Å²) in [6.07, 6.45) is 4.14. The zero-order chi connectivity index (χ0) is 12.7. The van der Waals surface area contributed by atoms with Crippen LogP contribution in [-0.4, -0.2) is 45.9 Å². The van der Waals surface area contributed by atoms with Gasteiger partial charge in [0.15, 0.2) is 0 Å².